The van der Waals surface area contributed by atoms with Crippen molar-refractivity contribution < 1.29 is 4.74 Å². The maximum absolute atomic E-state index is 5.58. The van der Waals surface area contributed by atoms with Gasteiger partial charge in [-0.15, -0.1) is 0 Å². The van der Waals surface area contributed by atoms with Crippen molar-refractivity contribution in [1.82, 2.24) is 19.8 Å². The van der Waals surface area contributed by atoms with E-state index in [0.717, 1.165) is 17.4 Å². The number of thiocarbonyl (C=S) groups is 1. The van der Waals surface area contributed by atoms with Crippen LogP contribution in [0.15, 0.2) is 36.5 Å². The molecule has 3 rings (SSSR count). The molecule has 1 fully saturated rings. The Labute approximate surface area is 142 Å². The van der Waals surface area contributed by atoms with Crippen molar-refractivity contribution in [2.75, 3.05) is 20.3 Å². The van der Waals surface area contributed by atoms with Crippen LogP contribution in [0.5, 0.6) is 0 Å². The Bertz CT molecular complexity index is 685. The van der Waals surface area contributed by atoms with Gasteiger partial charge < -0.3 is 19.5 Å². The topological polar surface area (TPSA) is 42.3 Å². The first kappa shape index (κ1) is 16.0. The molecule has 2 atom stereocenters. The van der Waals surface area contributed by atoms with E-state index in [2.05, 4.69) is 45.9 Å². The van der Waals surface area contributed by atoms with Crippen molar-refractivity contribution in [3.63, 3.8) is 0 Å². The van der Waals surface area contributed by atoms with E-state index >= 15 is 0 Å². The number of nitrogens with zero attached hydrogens (tertiary/aromatic N) is 3. The minimum Gasteiger partial charge on any atom is -0.383 e. The summed E-state index contributed by atoms with van der Waals surface area (Å²) in [6.07, 6.45) is 1.82. The average molecular weight is 330 g/mol. The fraction of sp³-hybridized carbons (Fsp3) is 0.412. The molecular weight excluding hydrogens is 308 g/mol. The molecule has 0 bridgehead atoms. The fourth-order valence-corrected chi connectivity index (χ4v) is 3.42. The van der Waals surface area contributed by atoms with Gasteiger partial charge in [0.2, 0.25) is 0 Å². The molecule has 0 aromatic carbocycles. The summed E-state index contributed by atoms with van der Waals surface area (Å²) < 4.78 is 7.48. The number of aromatic nitrogens is 2. The van der Waals surface area contributed by atoms with Gasteiger partial charge in [-0.05, 0) is 43.4 Å². The van der Waals surface area contributed by atoms with Crippen LogP contribution in [0, 0.1) is 6.92 Å². The molecule has 0 saturated carbocycles. The zero-order valence-electron chi connectivity index (χ0n) is 13.7. The standard InChI is InChI=1S/C17H22N4OS/c1-12-7-8-14(20(12)2)16-15(13-6-4-5-9-18-13)19-17(23)21(16)10-11-22-3/h4-9,15-16H,10-11H2,1-3H3,(H,19,23)/t15-,16-/m0/s1. The maximum Gasteiger partial charge on any atom is 0.170 e. The van der Waals surface area contributed by atoms with Crippen LogP contribution in [0.3, 0.4) is 0 Å². The highest BCUT2D eigenvalue weighted by Crippen LogP contribution is 2.38. The second-order valence-corrected chi connectivity index (χ2v) is 6.16. The van der Waals surface area contributed by atoms with Crippen molar-refractivity contribution in [3.05, 3.63) is 53.6 Å². The van der Waals surface area contributed by atoms with Gasteiger partial charge in [0.1, 0.15) is 0 Å². The van der Waals surface area contributed by atoms with Crippen LogP contribution in [0.4, 0.5) is 0 Å². The summed E-state index contributed by atoms with van der Waals surface area (Å²) in [7, 11) is 3.81. The van der Waals surface area contributed by atoms with Gasteiger partial charge in [-0.2, -0.15) is 0 Å². The lowest BCUT2D eigenvalue weighted by molar-refractivity contribution is 0.162. The van der Waals surface area contributed by atoms with Gasteiger partial charge in [-0.1, -0.05) is 6.07 Å². The van der Waals surface area contributed by atoms with Gasteiger partial charge in [-0.3, -0.25) is 4.98 Å². The average Bonchev–Trinajstić information content (AvgIpc) is 3.06. The smallest absolute Gasteiger partial charge is 0.170 e. The Morgan fingerprint density at radius 1 is 1.30 bits per heavy atom. The third kappa shape index (κ3) is 2.96. The fourth-order valence-electron chi connectivity index (χ4n) is 3.09. The lowest BCUT2D eigenvalue weighted by atomic mass is 10.0. The number of rotatable bonds is 5. The molecule has 0 unspecified atom stereocenters. The zero-order valence-corrected chi connectivity index (χ0v) is 14.5. The van der Waals surface area contributed by atoms with E-state index in [1.54, 1.807) is 7.11 Å². The lowest BCUT2D eigenvalue weighted by Crippen LogP contribution is -2.33. The summed E-state index contributed by atoms with van der Waals surface area (Å²) >= 11 is 5.58. The monoisotopic (exact) mass is 330 g/mol. The van der Waals surface area contributed by atoms with Crippen molar-refractivity contribution >= 4 is 17.3 Å². The van der Waals surface area contributed by atoms with Crippen LogP contribution in [0.25, 0.3) is 0 Å². The number of aryl methyl sites for hydroxylation is 1. The largest absolute Gasteiger partial charge is 0.383 e. The molecule has 2 aromatic rings. The SMILES string of the molecule is COCCN1C(=S)N[C@@H](c2ccccn2)[C@@H]1c1ccc(C)n1C. The van der Waals surface area contributed by atoms with Gasteiger partial charge in [-0.25, -0.2) is 0 Å². The number of pyridine rings is 1. The lowest BCUT2D eigenvalue weighted by Gasteiger charge is -2.28. The van der Waals surface area contributed by atoms with Crippen molar-refractivity contribution in [3.8, 4) is 0 Å². The van der Waals surface area contributed by atoms with E-state index in [1.165, 1.54) is 11.4 Å². The summed E-state index contributed by atoms with van der Waals surface area (Å²) in [5, 5.41) is 4.19. The molecule has 0 amide bonds. The highest BCUT2D eigenvalue weighted by molar-refractivity contribution is 7.80. The molecule has 1 N–H and O–H groups in total. The van der Waals surface area contributed by atoms with Crippen LogP contribution in [-0.4, -0.2) is 39.8 Å². The summed E-state index contributed by atoms with van der Waals surface area (Å²) in [6.45, 7) is 3.50. The molecule has 1 aliphatic heterocycles. The molecule has 3 heterocycles. The van der Waals surface area contributed by atoms with Gasteiger partial charge in [0, 0.05) is 38.3 Å². The van der Waals surface area contributed by atoms with Gasteiger partial charge in [0.05, 0.1) is 24.4 Å². The van der Waals surface area contributed by atoms with E-state index in [4.69, 9.17) is 17.0 Å². The van der Waals surface area contributed by atoms with Crippen molar-refractivity contribution in [1.29, 1.82) is 0 Å². The highest BCUT2D eigenvalue weighted by atomic mass is 32.1. The first-order valence-electron chi connectivity index (χ1n) is 7.72. The Morgan fingerprint density at radius 2 is 2.13 bits per heavy atom. The molecule has 6 heteroatoms. The Balaban J connectivity index is 2.01. The molecule has 23 heavy (non-hydrogen) atoms. The molecule has 0 radical (unpaired) electrons. The van der Waals surface area contributed by atoms with Crippen LogP contribution in [0.2, 0.25) is 0 Å². The van der Waals surface area contributed by atoms with E-state index in [9.17, 15) is 0 Å². The normalized spacial score (nSPS) is 20.8. The van der Waals surface area contributed by atoms with Crippen LogP contribution >= 0.6 is 12.2 Å². The second kappa shape index (κ2) is 6.68. The molecular formula is C17H22N4OS. The minimum absolute atomic E-state index is 0.0357. The maximum atomic E-state index is 5.58. The number of nitrogens with one attached hydrogen (secondary N) is 1. The summed E-state index contributed by atoms with van der Waals surface area (Å²) in [4.78, 5) is 6.73. The first-order valence-corrected chi connectivity index (χ1v) is 8.13. The Morgan fingerprint density at radius 3 is 2.74 bits per heavy atom. The number of hydrogen-bond donors (Lipinski definition) is 1. The van der Waals surface area contributed by atoms with E-state index < -0.39 is 0 Å². The predicted octanol–water partition coefficient (Wildman–Crippen LogP) is 2.35. The summed E-state index contributed by atoms with van der Waals surface area (Å²) in [5.41, 5.74) is 3.45. The van der Waals surface area contributed by atoms with Gasteiger partial charge >= 0.3 is 0 Å². The Hall–Kier alpha value is -1.92. The number of hydrogen-bond acceptors (Lipinski definition) is 3. The molecule has 5 nitrogen and oxygen atoms in total. The third-order valence-corrected chi connectivity index (χ3v) is 4.80. The number of methoxy groups -OCH3 is 1. The minimum atomic E-state index is 0.0357. The molecule has 1 saturated heterocycles. The molecule has 2 aromatic heterocycles. The molecule has 0 aliphatic carbocycles. The highest BCUT2D eigenvalue weighted by Gasteiger charge is 2.40. The Kier molecular flexibility index (Phi) is 4.63. The van der Waals surface area contributed by atoms with Crippen LogP contribution < -0.4 is 5.32 Å². The zero-order chi connectivity index (χ0) is 16.4. The van der Waals surface area contributed by atoms with Gasteiger partial charge in [0.25, 0.3) is 0 Å². The van der Waals surface area contributed by atoms with E-state index in [0.29, 0.717) is 6.61 Å². The summed E-state index contributed by atoms with van der Waals surface area (Å²) in [6, 6.07) is 10.4. The van der Waals surface area contributed by atoms with Crippen LogP contribution in [-0.2, 0) is 11.8 Å². The molecule has 122 valence electrons. The van der Waals surface area contributed by atoms with Gasteiger partial charge in [0.15, 0.2) is 5.11 Å². The number of ether oxygens (including phenoxy) is 1. The summed E-state index contributed by atoms with van der Waals surface area (Å²) in [5.74, 6) is 0. The quantitative estimate of drug-likeness (QED) is 0.853. The van der Waals surface area contributed by atoms with E-state index in [-0.39, 0.29) is 12.1 Å². The molecule has 0 spiro atoms. The third-order valence-electron chi connectivity index (χ3n) is 4.45. The van der Waals surface area contributed by atoms with Crippen molar-refractivity contribution in [2.45, 2.75) is 19.0 Å². The molecule has 1 aliphatic rings. The first-order chi connectivity index (χ1) is 11.1. The van der Waals surface area contributed by atoms with E-state index in [1.807, 2.05) is 24.4 Å². The second-order valence-electron chi connectivity index (χ2n) is 5.77. The van der Waals surface area contributed by atoms with Crippen molar-refractivity contribution in [2.24, 2.45) is 7.05 Å². The predicted molar refractivity (Wildman–Crippen MR) is 94.2 cm³/mol. The van der Waals surface area contributed by atoms with Crippen LogP contribution in [0.1, 0.15) is 29.2 Å².